The van der Waals surface area contributed by atoms with E-state index >= 15 is 0 Å². The Morgan fingerprint density at radius 2 is 1.80 bits per heavy atom. The van der Waals surface area contributed by atoms with Gasteiger partial charge in [-0.15, -0.1) is 0 Å². The van der Waals surface area contributed by atoms with Crippen LogP contribution in [0.2, 0.25) is 0 Å². The van der Waals surface area contributed by atoms with Crippen molar-refractivity contribution in [3.05, 3.63) is 76.7 Å². The average Bonchev–Trinajstić information content (AvgIpc) is 3.05. The highest BCUT2D eigenvalue weighted by molar-refractivity contribution is 8.18. The van der Waals surface area contributed by atoms with Gasteiger partial charge in [0.05, 0.1) is 17.2 Å². The van der Waals surface area contributed by atoms with Crippen LogP contribution in [0.15, 0.2) is 70.6 Å². The molecule has 1 heterocycles. The molecule has 3 aromatic rings. The Bertz CT molecular complexity index is 1150. The number of amidine groups is 1. The van der Waals surface area contributed by atoms with Crippen molar-refractivity contribution in [2.45, 2.75) is 20.8 Å². The molecule has 1 aliphatic heterocycles. The first-order chi connectivity index (χ1) is 14.6. The lowest BCUT2D eigenvalue weighted by Crippen LogP contribution is -2.28. The van der Waals surface area contributed by atoms with E-state index in [0.29, 0.717) is 23.2 Å². The van der Waals surface area contributed by atoms with Crippen LogP contribution < -0.4 is 4.74 Å². The summed E-state index contributed by atoms with van der Waals surface area (Å²) in [7, 11) is 0. The number of fused-ring (bicyclic) bond motifs is 1. The van der Waals surface area contributed by atoms with E-state index < -0.39 is 0 Å². The topological polar surface area (TPSA) is 41.9 Å². The lowest BCUT2D eigenvalue weighted by Gasteiger charge is -2.12. The molecule has 4 rings (SSSR count). The maximum atomic E-state index is 13.1. The highest BCUT2D eigenvalue weighted by Crippen LogP contribution is 2.37. The van der Waals surface area contributed by atoms with Gasteiger partial charge in [0, 0.05) is 12.1 Å². The third-order valence-electron chi connectivity index (χ3n) is 4.97. The SMILES string of the molecule is CCOc1ccc2ccccc2c1/C=C1/SC(=Nc2ccc(C)cc2)N(CC)C1=O. The minimum atomic E-state index is -0.0243. The monoisotopic (exact) mass is 416 g/mol. The van der Waals surface area contributed by atoms with Crippen LogP contribution in [-0.4, -0.2) is 29.1 Å². The average molecular weight is 417 g/mol. The molecule has 30 heavy (non-hydrogen) atoms. The molecular formula is C25H24N2O2S. The van der Waals surface area contributed by atoms with Gasteiger partial charge in [-0.1, -0.05) is 48.0 Å². The molecule has 5 heteroatoms. The molecule has 0 N–H and O–H groups in total. The van der Waals surface area contributed by atoms with Crippen molar-refractivity contribution in [3.63, 3.8) is 0 Å². The van der Waals surface area contributed by atoms with Crippen LogP contribution in [0.4, 0.5) is 5.69 Å². The van der Waals surface area contributed by atoms with Gasteiger partial charge in [-0.05, 0) is 67.6 Å². The van der Waals surface area contributed by atoms with Gasteiger partial charge in [-0.3, -0.25) is 9.69 Å². The number of likely N-dealkylation sites (N-methyl/N-ethyl adjacent to an activating group) is 1. The number of hydrogen-bond donors (Lipinski definition) is 0. The number of ether oxygens (including phenoxy) is 1. The highest BCUT2D eigenvalue weighted by atomic mass is 32.2. The third kappa shape index (κ3) is 3.98. The van der Waals surface area contributed by atoms with E-state index in [2.05, 4.69) is 18.2 Å². The molecule has 0 bridgehead atoms. The first-order valence-corrected chi connectivity index (χ1v) is 10.9. The molecule has 0 aliphatic carbocycles. The molecule has 3 aromatic carbocycles. The lowest BCUT2D eigenvalue weighted by molar-refractivity contribution is -0.122. The predicted octanol–water partition coefficient (Wildman–Crippen LogP) is 6.17. The van der Waals surface area contributed by atoms with Crippen molar-refractivity contribution in [1.29, 1.82) is 0 Å². The van der Waals surface area contributed by atoms with E-state index in [9.17, 15) is 4.79 Å². The van der Waals surface area contributed by atoms with Crippen LogP contribution >= 0.6 is 11.8 Å². The molecule has 0 saturated carbocycles. The molecule has 1 saturated heterocycles. The van der Waals surface area contributed by atoms with Crippen molar-refractivity contribution < 1.29 is 9.53 Å². The second-order valence-corrected chi connectivity index (χ2v) is 8.03. The number of aryl methyl sites for hydroxylation is 1. The Hall–Kier alpha value is -3.05. The summed E-state index contributed by atoms with van der Waals surface area (Å²) in [6.45, 7) is 7.12. The quantitative estimate of drug-likeness (QED) is 0.467. The standard InChI is InChI=1S/C25H24N2O2S/c1-4-27-24(28)23(30-25(27)26-19-13-10-17(3)11-14-19)16-21-20-9-7-6-8-18(20)12-15-22(21)29-5-2/h6-16H,4-5H2,1-3H3/b23-16+,26-25?. The Balaban J connectivity index is 1.78. The van der Waals surface area contributed by atoms with E-state index in [4.69, 9.17) is 9.73 Å². The molecule has 0 aromatic heterocycles. The Labute approximate surface area is 181 Å². The zero-order valence-corrected chi connectivity index (χ0v) is 18.2. The highest BCUT2D eigenvalue weighted by Gasteiger charge is 2.32. The van der Waals surface area contributed by atoms with E-state index in [1.54, 1.807) is 4.90 Å². The minimum Gasteiger partial charge on any atom is -0.493 e. The van der Waals surface area contributed by atoms with Crippen LogP contribution in [0.1, 0.15) is 25.0 Å². The van der Waals surface area contributed by atoms with Crippen LogP contribution in [0.5, 0.6) is 5.75 Å². The van der Waals surface area contributed by atoms with Gasteiger partial charge >= 0.3 is 0 Å². The van der Waals surface area contributed by atoms with Gasteiger partial charge in [-0.2, -0.15) is 0 Å². The fourth-order valence-corrected chi connectivity index (χ4v) is 4.48. The second-order valence-electron chi connectivity index (χ2n) is 7.02. The van der Waals surface area contributed by atoms with Gasteiger partial charge < -0.3 is 4.74 Å². The number of benzene rings is 3. The smallest absolute Gasteiger partial charge is 0.266 e. The van der Waals surface area contributed by atoms with Crippen molar-refractivity contribution in [1.82, 2.24) is 4.90 Å². The number of hydrogen-bond acceptors (Lipinski definition) is 4. The molecule has 0 unspecified atom stereocenters. The number of rotatable bonds is 5. The molecule has 152 valence electrons. The van der Waals surface area contributed by atoms with Crippen molar-refractivity contribution >= 4 is 45.4 Å². The summed E-state index contributed by atoms with van der Waals surface area (Å²) in [5, 5.41) is 2.89. The van der Waals surface area contributed by atoms with Crippen molar-refractivity contribution in [2.75, 3.05) is 13.2 Å². The fourth-order valence-electron chi connectivity index (χ4n) is 3.44. The van der Waals surface area contributed by atoms with Crippen LogP contribution in [0.3, 0.4) is 0 Å². The Kier molecular flexibility index (Phi) is 5.91. The summed E-state index contributed by atoms with van der Waals surface area (Å²) in [6, 6.07) is 20.2. The van der Waals surface area contributed by atoms with Crippen LogP contribution in [-0.2, 0) is 4.79 Å². The van der Waals surface area contributed by atoms with Gasteiger partial charge in [0.15, 0.2) is 5.17 Å². The minimum absolute atomic E-state index is 0.0243. The number of nitrogens with zero attached hydrogens (tertiary/aromatic N) is 2. The molecule has 0 radical (unpaired) electrons. The number of amides is 1. The molecule has 1 aliphatic rings. The van der Waals surface area contributed by atoms with Gasteiger partial charge in [0.1, 0.15) is 5.75 Å². The summed E-state index contributed by atoms with van der Waals surface area (Å²) >= 11 is 1.41. The van der Waals surface area contributed by atoms with Crippen molar-refractivity contribution in [2.24, 2.45) is 4.99 Å². The number of carbonyl (C=O) groups is 1. The molecule has 0 atom stereocenters. The van der Waals surface area contributed by atoms with E-state index in [-0.39, 0.29) is 5.91 Å². The summed E-state index contributed by atoms with van der Waals surface area (Å²) < 4.78 is 5.87. The number of thioether (sulfide) groups is 1. The molecule has 1 fully saturated rings. The van der Waals surface area contributed by atoms with Gasteiger partial charge in [-0.25, -0.2) is 4.99 Å². The lowest BCUT2D eigenvalue weighted by atomic mass is 10.0. The van der Waals surface area contributed by atoms with Gasteiger partial charge in [0.2, 0.25) is 0 Å². The number of aliphatic imine (C=N–C) groups is 1. The number of carbonyl (C=O) groups excluding carboxylic acids is 1. The third-order valence-corrected chi connectivity index (χ3v) is 5.98. The Morgan fingerprint density at radius 3 is 2.53 bits per heavy atom. The zero-order valence-electron chi connectivity index (χ0n) is 17.4. The molecule has 0 spiro atoms. The normalized spacial score (nSPS) is 16.8. The van der Waals surface area contributed by atoms with E-state index in [1.165, 1.54) is 17.3 Å². The first-order valence-electron chi connectivity index (χ1n) is 10.1. The summed E-state index contributed by atoms with van der Waals surface area (Å²) in [5.74, 6) is 0.757. The largest absolute Gasteiger partial charge is 0.493 e. The maximum Gasteiger partial charge on any atom is 0.266 e. The first kappa shape index (κ1) is 20.2. The Morgan fingerprint density at radius 1 is 1.03 bits per heavy atom. The van der Waals surface area contributed by atoms with Crippen LogP contribution in [0, 0.1) is 6.92 Å². The summed E-state index contributed by atoms with van der Waals surface area (Å²) in [4.78, 5) is 20.2. The molecular weight excluding hydrogens is 392 g/mol. The summed E-state index contributed by atoms with van der Waals surface area (Å²) in [6.07, 6.45) is 1.95. The van der Waals surface area contributed by atoms with E-state index in [1.807, 2.05) is 69.3 Å². The molecule has 1 amide bonds. The zero-order chi connectivity index (χ0) is 21.1. The van der Waals surface area contributed by atoms with Crippen molar-refractivity contribution in [3.8, 4) is 5.75 Å². The van der Waals surface area contributed by atoms with Crippen LogP contribution in [0.25, 0.3) is 16.8 Å². The van der Waals surface area contributed by atoms with Gasteiger partial charge in [0.25, 0.3) is 5.91 Å². The van der Waals surface area contributed by atoms with E-state index in [0.717, 1.165) is 27.8 Å². The second kappa shape index (κ2) is 8.76. The summed E-state index contributed by atoms with van der Waals surface area (Å²) in [5.41, 5.74) is 2.95. The molecule has 4 nitrogen and oxygen atoms in total. The maximum absolute atomic E-state index is 13.1. The predicted molar refractivity (Wildman–Crippen MR) is 126 cm³/mol. The fraction of sp³-hybridized carbons (Fsp3) is 0.200.